The zero-order chi connectivity index (χ0) is 34.9. The molecule has 10 heteroatoms. The van der Waals surface area contributed by atoms with Crippen LogP contribution < -0.4 is 10.6 Å². The van der Waals surface area contributed by atoms with E-state index in [0.717, 1.165) is 11.1 Å². The van der Waals surface area contributed by atoms with Gasteiger partial charge in [-0.15, -0.1) is 0 Å². The molecule has 0 saturated carbocycles. The van der Waals surface area contributed by atoms with Crippen molar-refractivity contribution >= 4 is 23.9 Å². The van der Waals surface area contributed by atoms with Gasteiger partial charge in [0.1, 0.15) is 35.1 Å². The van der Waals surface area contributed by atoms with E-state index in [1.54, 1.807) is 65.8 Å². The number of esters is 1. The van der Waals surface area contributed by atoms with Crippen LogP contribution in [0.3, 0.4) is 0 Å². The molecule has 3 N–H and O–H groups in total. The fourth-order valence-corrected chi connectivity index (χ4v) is 4.86. The van der Waals surface area contributed by atoms with Gasteiger partial charge in [-0.3, -0.25) is 9.59 Å². The smallest absolute Gasteiger partial charge is 0.408 e. The van der Waals surface area contributed by atoms with E-state index in [-0.39, 0.29) is 18.6 Å². The van der Waals surface area contributed by atoms with E-state index in [9.17, 15) is 24.3 Å². The molecule has 0 aliphatic rings. The van der Waals surface area contributed by atoms with Crippen LogP contribution in [0.2, 0.25) is 0 Å². The van der Waals surface area contributed by atoms with E-state index in [2.05, 4.69) is 10.6 Å². The molecular formula is C37H47N3O7. The Morgan fingerprint density at radius 2 is 1.26 bits per heavy atom. The largest absolute Gasteiger partial charge is 0.508 e. The number of nitrogens with one attached hydrogen (secondary N) is 2. The van der Waals surface area contributed by atoms with E-state index in [1.807, 2.05) is 49.4 Å². The SMILES string of the molecule is Cc1ccc(C(C(=O)NC(Cc2ccccc2)C(=O)OC(C)(C)C)N(C)C(=O)C(Cc2ccc(O)cc2)NC(=O)OC(C)(C)C)cc1. The second-order valence-electron chi connectivity index (χ2n) is 13.6. The van der Waals surface area contributed by atoms with Crippen molar-refractivity contribution in [3.05, 3.63) is 101 Å². The first kappa shape index (κ1) is 36.6. The number of nitrogens with zero attached hydrogens (tertiary/aromatic N) is 1. The number of phenolic OH excluding ortho intramolecular Hbond substituents is 1. The van der Waals surface area contributed by atoms with Gasteiger partial charge in [-0.25, -0.2) is 9.59 Å². The Bertz CT molecular complexity index is 1510. The lowest BCUT2D eigenvalue weighted by Crippen LogP contribution is -2.54. The summed E-state index contributed by atoms with van der Waals surface area (Å²) >= 11 is 0. The molecule has 0 aliphatic carbocycles. The van der Waals surface area contributed by atoms with Crippen molar-refractivity contribution in [2.24, 2.45) is 0 Å². The van der Waals surface area contributed by atoms with Crippen molar-refractivity contribution < 1.29 is 33.8 Å². The molecule has 252 valence electrons. The van der Waals surface area contributed by atoms with E-state index in [0.29, 0.717) is 11.1 Å². The summed E-state index contributed by atoms with van der Waals surface area (Å²) in [6, 6.07) is 19.3. The third-order valence-electron chi connectivity index (χ3n) is 7.03. The highest BCUT2D eigenvalue weighted by molar-refractivity contribution is 5.94. The van der Waals surface area contributed by atoms with Gasteiger partial charge in [0.25, 0.3) is 0 Å². The fourth-order valence-electron chi connectivity index (χ4n) is 4.86. The van der Waals surface area contributed by atoms with E-state index < -0.39 is 53.2 Å². The highest BCUT2D eigenvalue weighted by atomic mass is 16.6. The fraction of sp³-hybridized carbons (Fsp3) is 0.405. The predicted octanol–water partition coefficient (Wildman–Crippen LogP) is 5.41. The summed E-state index contributed by atoms with van der Waals surface area (Å²) in [5, 5.41) is 15.3. The number of likely N-dealkylation sites (N-methyl/N-ethyl adjacent to an activating group) is 1. The van der Waals surface area contributed by atoms with Crippen LogP contribution >= 0.6 is 0 Å². The first-order valence-electron chi connectivity index (χ1n) is 15.6. The molecule has 0 spiro atoms. The summed E-state index contributed by atoms with van der Waals surface area (Å²) in [6.07, 6.45) is -0.574. The number of phenols is 1. The lowest BCUT2D eigenvalue weighted by atomic mass is 9.99. The molecular weight excluding hydrogens is 598 g/mol. The monoisotopic (exact) mass is 645 g/mol. The van der Waals surface area contributed by atoms with Gasteiger partial charge >= 0.3 is 12.1 Å². The number of amides is 3. The number of hydrogen-bond donors (Lipinski definition) is 3. The summed E-state index contributed by atoms with van der Waals surface area (Å²) in [7, 11) is 1.48. The van der Waals surface area contributed by atoms with Crippen LogP contribution in [0.1, 0.15) is 69.8 Å². The number of aromatic hydroxyl groups is 1. The van der Waals surface area contributed by atoms with Crippen molar-refractivity contribution in [3.63, 3.8) is 0 Å². The number of alkyl carbamates (subject to hydrolysis) is 1. The molecule has 3 aromatic carbocycles. The number of rotatable bonds is 11. The highest BCUT2D eigenvalue weighted by Gasteiger charge is 2.36. The average molecular weight is 646 g/mol. The lowest BCUT2D eigenvalue weighted by Gasteiger charge is -2.33. The first-order valence-corrected chi connectivity index (χ1v) is 15.6. The zero-order valence-electron chi connectivity index (χ0n) is 28.5. The molecule has 3 atom stereocenters. The normalized spacial score (nSPS) is 13.4. The van der Waals surface area contributed by atoms with Crippen LogP contribution in [0.25, 0.3) is 0 Å². The molecule has 0 fully saturated rings. The second-order valence-corrected chi connectivity index (χ2v) is 13.6. The Labute approximate surface area is 277 Å². The standard InChI is InChI=1S/C37H47N3O7/c1-24-14-18-27(19-15-24)31(32(42)38-30(34(44)46-36(2,3)4)23-25-12-10-9-11-13-25)40(8)33(43)29(39-35(45)47-37(5,6)7)22-26-16-20-28(41)21-17-26/h9-21,29-31,41H,22-23H2,1-8H3,(H,38,42)(H,39,45). The number of aryl methyl sites for hydroxylation is 1. The minimum atomic E-state index is -1.17. The third-order valence-corrected chi connectivity index (χ3v) is 7.03. The zero-order valence-corrected chi connectivity index (χ0v) is 28.5. The molecule has 0 aromatic heterocycles. The number of hydrogen-bond acceptors (Lipinski definition) is 7. The van der Waals surface area contributed by atoms with Gasteiger partial charge in [0.05, 0.1) is 0 Å². The molecule has 0 radical (unpaired) electrons. The van der Waals surface area contributed by atoms with Crippen molar-refractivity contribution in [2.75, 3.05) is 7.05 Å². The second kappa shape index (κ2) is 15.6. The minimum absolute atomic E-state index is 0.0550. The molecule has 3 amide bonds. The van der Waals surface area contributed by atoms with Gasteiger partial charge in [0.15, 0.2) is 0 Å². The van der Waals surface area contributed by atoms with E-state index in [4.69, 9.17) is 9.47 Å². The Kier molecular flexibility index (Phi) is 12.2. The molecule has 3 rings (SSSR count). The summed E-state index contributed by atoms with van der Waals surface area (Å²) < 4.78 is 11.1. The Balaban J connectivity index is 1.99. The van der Waals surface area contributed by atoms with Crippen LogP contribution in [0.4, 0.5) is 4.79 Å². The van der Waals surface area contributed by atoms with Crippen LogP contribution in [-0.2, 0) is 36.7 Å². The number of ether oxygens (including phenoxy) is 2. The molecule has 0 bridgehead atoms. The van der Waals surface area contributed by atoms with Crippen molar-refractivity contribution in [1.29, 1.82) is 0 Å². The molecule has 3 aromatic rings. The molecule has 0 heterocycles. The summed E-state index contributed by atoms with van der Waals surface area (Å²) in [5.41, 5.74) is 1.32. The van der Waals surface area contributed by atoms with Crippen LogP contribution in [0, 0.1) is 6.92 Å². The summed E-state index contributed by atoms with van der Waals surface area (Å²) in [5.74, 6) is -1.72. The summed E-state index contributed by atoms with van der Waals surface area (Å²) in [4.78, 5) is 56.0. The summed E-state index contributed by atoms with van der Waals surface area (Å²) in [6.45, 7) is 12.3. The van der Waals surface area contributed by atoms with E-state index in [1.165, 1.54) is 24.1 Å². The van der Waals surface area contributed by atoms with Crippen molar-refractivity contribution in [1.82, 2.24) is 15.5 Å². The molecule has 0 aliphatic heterocycles. The average Bonchev–Trinajstić information content (AvgIpc) is 2.97. The van der Waals surface area contributed by atoms with E-state index >= 15 is 0 Å². The maximum Gasteiger partial charge on any atom is 0.408 e. The highest BCUT2D eigenvalue weighted by Crippen LogP contribution is 2.24. The number of carbonyl (C=O) groups is 4. The minimum Gasteiger partial charge on any atom is -0.508 e. The quantitative estimate of drug-likeness (QED) is 0.238. The Hall–Kier alpha value is -4.86. The van der Waals surface area contributed by atoms with Gasteiger partial charge in [-0.05, 0) is 77.3 Å². The molecule has 0 saturated heterocycles. The van der Waals surface area contributed by atoms with Crippen LogP contribution in [0.5, 0.6) is 5.75 Å². The van der Waals surface area contributed by atoms with Gasteiger partial charge in [-0.1, -0.05) is 72.3 Å². The first-order chi connectivity index (χ1) is 21.9. The van der Waals surface area contributed by atoms with Crippen LogP contribution in [0.15, 0.2) is 78.9 Å². The Morgan fingerprint density at radius 3 is 1.81 bits per heavy atom. The lowest BCUT2D eigenvalue weighted by molar-refractivity contribution is -0.159. The topological polar surface area (TPSA) is 134 Å². The van der Waals surface area contributed by atoms with Crippen LogP contribution in [-0.4, -0.2) is 64.2 Å². The molecule has 3 unspecified atom stereocenters. The molecule has 10 nitrogen and oxygen atoms in total. The van der Waals surface area contributed by atoms with Crippen molar-refractivity contribution in [2.45, 2.75) is 90.6 Å². The third kappa shape index (κ3) is 11.8. The van der Waals surface area contributed by atoms with Crippen molar-refractivity contribution in [3.8, 4) is 5.75 Å². The van der Waals surface area contributed by atoms with Gasteiger partial charge in [-0.2, -0.15) is 0 Å². The number of carbonyl (C=O) groups excluding carboxylic acids is 4. The van der Waals surface area contributed by atoms with Gasteiger partial charge < -0.3 is 30.1 Å². The number of benzene rings is 3. The van der Waals surface area contributed by atoms with Gasteiger partial charge in [0.2, 0.25) is 11.8 Å². The maximum absolute atomic E-state index is 14.2. The maximum atomic E-state index is 14.2. The van der Waals surface area contributed by atoms with Gasteiger partial charge in [0, 0.05) is 19.9 Å². The molecule has 47 heavy (non-hydrogen) atoms. The predicted molar refractivity (Wildman–Crippen MR) is 180 cm³/mol. The Morgan fingerprint density at radius 1 is 0.723 bits per heavy atom.